The van der Waals surface area contributed by atoms with Crippen LogP contribution in [0, 0.1) is 6.92 Å². The van der Waals surface area contributed by atoms with Crippen LogP contribution in [0.15, 0.2) is 72.8 Å². The van der Waals surface area contributed by atoms with Gasteiger partial charge >= 0.3 is 0 Å². The van der Waals surface area contributed by atoms with E-state index >= 15 is 0 Å². The number of fused-ring (bicyclic) bond motifs is 1. The normalized spacial score (nSPS) is 12.3. The van der Waals surface area contributed by atoms with Crippen molar-refractivity contribution in [3.63, 3.8) is 0 Å². The maximum Gasteiger partial charge on any atom is 0.162 e. The Hall–Kier alpha value is -3.24. The molecule has 0 saturated carbocycles. The van der Waals surface area contributed by atoms with Crippen LogP contribution < -0.4 is 5.32 Å². The molecule has 4 aromatic rings. The van der Waals surface area contributed by atoms with Crippen molar-refractivity contribution in [2.45, 2.75) is 46.6 Å². The van der Waals surface area contributed by atoms with Crippen LogP contribution in [-0.2, 0) is 0 Å². The molecular formula is C30H36N4. The van der Waals surface area contributed by atoms with Gasteiger partial charge in [0.25, 0.3) is 0 Å². The van der Waals surface area contributed by atoms with Crippen LogP contribution in [0.2, 0.25) is 0 Å². The number of nitrogens with zero attached hydrogens (tertiary/aromatic N) is 3. The molecule has 3 aromatic carbocycles. The third-order valence-electron chi connectivity index (χ3n) is 6.55. The molecular weight excluding hydrogens is 416 g/mol. The molecule has 0 fully saturated rings. The Morgan fingerprint density at radius 1 is 0.824 bits per heavy atom. The summed E-state index contributed by atoms with van der Waals surface area (Å²) in [6.45, 7) is 12.2. The average molecular weight is 453 g/mol. The fourth-order valence-electron chi connectivity index (χ4n) is 4.47. The molecule has 1 N–H and O–H groups in total. The Labute approximate surface area is 204 Å². The fourth-order valence-corrected chi connectivity index (χ4v) is 4.47. The molecule has 4 heteroatoms. The fraction of sp³-hybridized carbons (Fsp3) is 0.333. The van der Waals surface area contributed by atoms with E-state index in [-0.39, 0.29) is 0 Å². The van der Waals surface area contributed by atoms with E-state index in [4.69, 9.17) is 9.97 Å². The zero-order valence-corrected chi connectivity index (χ0v) is 20.9. The van der Waals surface area contributed by atoms with E-state index < -0.39 is 0 Å². The molecule has 1 atom stereocenters. The summed E-state index contributed by atoms with van der Waals surface area (Å²) < 4.78 is 0. The molecule has 0 amide bonds. The van der Waals surface area contributed by atoms with Crippen LogP contribution in [0.1, 0.15) is 39.2 Å². The summed E-state index contributed by atoms with van der Waals surface area (Å²) in [5.74, 6) is 1.68. The lowest BCUT2D eigenvalue weighted by atomic mass is 10.0. The van der Waals surface area contributed by atoms with Gasteiger partial charge in [0.2, 0.25) is 0 Å². The highest BCUT2D eigenvalue weighted by Gasteiger charge is 2.14. The number of benzene rings is 3. The molecule has 0 aliphatic rings. The summed E-state index contributed by atoms with van der Waals surface area (Å²) in [4.78, 5) is 12.5. The maximum absolute atomic E-state index is 5.03. The van der Waals surface area contributed by atoms with Crippen molar-refractivity contribution in [1.29, 1.82) is 0 Å². The Bertz CT molecular complexity index is 1220. The zero-order chi connectivity index (χ0) is 23.9. The molecule has 0 saturated heterocycles. The number of aryl methyl sites for hydroxylation is 1. The molecule has 0 aliphatic carbocycles. The highest BCUT2D eigenvalue weighted by molar-refractivity contribution is 5.92. The highest BCUT2D eigenvalue weighted by Crippen LogP contribution is 2.30. The van der Waals surface area contributed by atoms with Crippen molar-refractivity contribution in [3.05, 3.63) is 78.4 Å². The second-order valence-corrected chi connectivity index (χ2v) is 9.03. The van der Waals surface area contributed by atoms with Gasteiger partial charge in [0.1, 0.15) is 5.82 Å². The zero-order valence-electron chi connectivity index (χ0n) is 20.9. The first-order valence-electron chi connectivity index (χ1n) is 12.5. The van der Waals surface area contributed by atoms with Crippen molar-refractivity contribution in [2.24, 2.45) is 0 Å². The molecule has 0 bridgehead atoms. The molecule has 4 nitrogen and oxygen atoms in total. The number of aromatic nitrogens is 2. The lowest BCUT2D eigenvalue weighted by Gasteiger charge is -2.21. The Morgan fingerprint density at radius 3 is 2.29 bits per heavy atom. The lowest BCUT2D eigenvalue weighted by Crippen LogP contribution is -2.25. The first kappa shape index (κ1) is 23.9. The summed E-state index contributed by atoms with van der Waals surface area (Å²) in [7, 11) is 0. The van der Waals surface area contributed by atoms with E-state index in [1.165, 1.54) is 17.5 Å². The Kier molecular flexibility index (Phi) is 7.91. The van der Waals surface area contributed by atoms with E-state index in [0.29, 0.717) is 6.04 Å². The quantitative estimate of drug-likeness (QED) is 0.276. The predicted molar refractivity (Wildman–Crippen MR) is 145 cm³/mol. The molecule has 0 spiro atoms. The van der Waals surface area contributed by atoms with Crippen molar-refractivity contribution in [1.82, 2.24) is 14.9 Å². The van der Waals surface area contributed by atoms with E-state index in [1.54, 1.807) is 0 Å². The van der Waals surface area contributed by atoms with Gasteiger partial charge in [-0.05, 0) is 75.1 Å². The van der Waals surface area contributed by atoms with E-state index in [1.807, 2.05) is 6.07 Å². The minimum absolute atomic E-state index is 0.331. The first-order chi connectivity index (χ1) is 16.6. The van der Waals surface area contributed by atoms with Gasteiger partial charge in [-0.25, -0.2) is 9.97 Å². The monoisotopic (exact) mass is 452 g/mol. The number of hydrogen-bond acceptors (Lipinski definition) is 4. The number of para-hydroxylation sites is 1. The number of anilines is 1. The van der Waals surface area contributed by atoms with Crippen molar-refractivity contribution < 1.29 is 0 Å². The Balaban J connectivity index is 1.64. The molecule has 1 aromatic heterocycles. The lowest BCUT2D eigenvalue weighted by molar-refractivity contribution is 0.295. The van der Waals surface area contributed by atoms with E-state index in [9.17, 15) is 0 Å². The smallest absolute Gasteiger partial charge is 0.162 e. The van der Waals surface area contributed by atoms with Crippen LogP contribution in [0.5, 0.6) is 0 Å². The second kappa shape index (κ2) is 11.3. The van der Waals surface area contributed by atoms with Gasteiger partial charge in [-0.3, -0.25) is 0 Å². The summed E-state index contributed by atoms with van der Waals surface area (Å²) in [5, 5.41) is 4.79. The van der Waals surface area contributed by atoms with Gasteiger partial charge in [-0.15, -0.1) is 0 Å². The second-order valence-electron chi connectivity index (χ2n) is 9.03. The summed E-state index contributed by atoms with van der Waals surface area (Å²) in [6, 6.07) is 25.6. The van der Waals surface area contributed by atoms with Gasteiger partial charge in [0.05, 0.1) is 5.52 Å². The van der Waals surface area contributed by atoms with Crippen LogP contribution in [0.4, 0.5) is 5.82 Å². The Morgan fingerprint density at radius 2 is 1.53 bits per heavy atom. The molecule has 1 unspecified atom stereocenters. The van der Waals surface area contributed by atoms with E-state index in [0.717, 1.165) is 59.7 Å². The van der Waals surface area contributed by atoms with Gasteiger partial charge < -0.3 is 10.2 Å². The standard InChI is InChI=1S/C30H36N4/c1-5-34(6-2)20-12-14-23(4)31-30-27-19-10-13-22(3)28(27)32-29(33-30)26-18-11-17-25(21-26)24-15-8-7-9-16-24/h7-11,13,15-19,21,23H,5-6,12,14,20H2,1-4H3,(H,31,32,33). The molecule has 0 aliphatic heterocycles. The van der Waals surface area contributed by atoms with Gasteiger partial charge in [-0.2, -0.15) is 0 Å². The van der Waals surface area contributed by atoms with E-state index in [2.05, 4.69) is 105 Å². The minimum atomic E-state index is 0.331. The molecule has 176 valence electrons. The first-order valence-corrected chi connectivity index (χ1v) is 12.5. The van der Waals surface area contributed by atoms with Crippen molar-refractivity contribution in [3.8, 4) is 22.5 Å². The minimum Gasteiger partial charge on any atom is -0.367 e. The number of rotatable bonds is 10. The largest absolute Gasteiger partial charge is 0.367 e. The van der Waals surface area contributed by atoms with Gasteiger partial charge in [0.15, 0.2) is 5.82 Å². The van der Waals surface area contributed by atoms with Crippen LogP contribution in [0.3, 0.4) is 0 Å². The van der Waals surface area contributed by atoms with Gasteiger partial charge in [-0.1, -0.05) is 74.5 Å². The van der Waals surface area contributed by atoms with Crippen LogP contribution in [0.25, 0.3) is 33.4 Å². The molecule has 4 rings (SSSR count). The topological polar surface area (TPSA) is 41.0 Å². The third kappa shape index (κ3) is 5.63. The van der Waals surface area contributed by atoms with Crippen LogP contribution >= 0.6 is 0 Å². The predicted octanol–water partition coefficient (Wildman–Crippen LogP) is 7.19. The van der Waals surface area contributed by atoms with Gasteiger partial charge in [0, 0.05) is 17.0 Å². The molecule has 1 heterocycles. The SMILES string of the molecule is CCN(CC)CCCC(C)Nc1nc(-c2cccc(-c3ccccc3)c2)nc2c(C)cccc12. The third-order valence-corrected chi connectivity index (χ3v) is 6.55. The summed E-state index contributed by atoms with van der Waals surface area (Å²) in [6.07, 6.45) is 2.27. The molecule has 34 heavy (non-hydrogen) atoms. The summed E-state index contributed by atoms with van der Waals surface area (Å²) >= 11 is 0. The maximum atomic E-state index is 5.03. The number of nitrogens with one attached hydrogen (secondary N) is 1. The summed E-state index contributed by atoms with van der Waals surface area (Å²) in [5.41, 5.74) is 5.57. The molecule has 0 radical (unpaired) electrons. The van der Waals surface area contributed by atoms with Crippen molar-refractivity contribution in [2.75, 3.05) is 25.0 Å². The van der Waals surface area contributed by atoms with Crippen molar-refractivity contribution >= 4 is 16.7 Å². The average Bonchev–Trinajstić information content (AvgIpc) is 2.87. The highest BCUT2D eigenvalue weighted by atomic mass is 15.1. The number of hydrogen-bond donors (Lipinski definition) is 1. The van der Waals surface area contributed by atoms with Crippen LogP contribution in [-0.4, -0.2) is 40.5 Å².